The largest absolute Gasteiger partial charge is 0.436 e. The summed E-state index contributed by atoms with van der Waals surface area (Å²) < 4.78 is 5.95. The quantitative estimate of drug-likeness (QED) is 0.367. The molecule has 0 radical (unpaired) electrons. The third-order valence-electron chi connectivity index (χ3n) is 5.44. The molecule has 0 saturated carbocycles. The molecule has 0 bridgehead atoms. The van der Waals surface area contributed by atoms with Crippen LogP contribution in [-0.4, -0.2) is 16.0 Å². The van der Waals surface area contributed by atoms with Crippen LogP contribution in [0.25, 0.3) is 22.6 Å². The van der Waals surface area contributed by atoms with Gasteiger partial charge in [0.25, 0.3) is 5.91 Å². The molecule has 0 spiro atoms. The van der Waals surface area contributed by atoms with Crippen molar-refractivity contribution in [3.8, 4) is 11.5 Å². The fourth-order valence-electron chi connectivity index (χ4n) is 3.43. The summed E-state index contributed by atoms with van der Waals surface area (Å²) in [6.45, 7) is 6.16. The summed E-state index contributed by atoms with van der Waals surface area (Å²) in [4.78, 5) is 17.2. The second-order valence-corrected chi connectivity index (χ2v) is 8.07. The Hall–Kier alpha value is -3.51. The monoisotopic (exact) mass is 443 g/mol. The van der Waals surface area contributed by atoms with Gasteiger partial charge in [-0.3, -0.25) is 10.1 Å². The molecule has 0 unspecified atom stereocenters. The van der Waals surface area contributed by atoms with Crippen molar-refractivity contribution in [1.29, 1.82) is 0 Å². The molecule has 3 aromatic carbocycles. The van der Waals surface area contributed by atoms with E-state index in [1.54, 1.807) is 12.1 Å². The number of benzene rings is 3. The first-order valence-corrected chi connectivity index (χ1v) is 11.1. The zero-order chi connectivity index (χ0) is 22.7. The minimum Gasteiger partial charge on any atom is -0.436 e. The fourth-order valence-corrected chi connectivity index (χ4v) is 3.63. The molecule has 0 aliphatic carbocycles. The van der Waals surface area contributed by atoms with Crippen molar-refractivity contribution in [2.75, 3.05) is 5.32 Å². The van der Waals surface area contributed by atoms with E-state index in [2.05, 4.69) is 35.5 Å². The maximum absolute atomic E-state index is 12.5. The van der Waals surface area contributed by atoms with Crippen LogP contribution in [0.3, 0.4) is 0 Å². The van der Waals surface area contributed by atoms with Gasteiger partial charge in [0.1, 0.15) is 5.52 Å². The lowest BCUT2D eigenvalue weighted by Gasteiger charge is -2.13. The van der Waals surface area contributed by atoms with Gasteiger partial charge in [-0.05, 0) is 85.1 Å². The molecule has 1 aromatic heterocycles. The standard InChI is InChI=1S/C26H25N3O2S/c1-4-17-7-11-19(12-8-17)24(30)29-26(32)28-21-15-20(10-6-16(21)3)25-27-22-14-18(5-2)9-13-23(22)31-25/h6-15H,4-5H2,1-3H3,(H2,28,29,30,32). The van der Waals surface area contributed by atoms with Gasteiger partial charge in [0.15, 0.2) is 10.7 Å². The van der Waals surface area contributed by atoms with Crippen LogP contribution in [0.15, 0.2) is 65.1 Å². The number of carbonyl (C=O) groups is 1. The summed E-state index contributed by atoms with van der Waals surface area (Å²) in [6, 6.07) is 19.4. The molecule has 32 heavy (non-hydrogen) atoms. The second kappa shape index (κ2) is 9.32. The highest BCUT2D eigenvalue weighted by Crippen LogP contribution is 2.28. The molecule has 6 heteroatoms. The Morgan fingerprint density at radius 2 is 1.69 bits per heavy atom. The number of aryl methyl sites for hydroxylation is 3. The van der Waals surface area contributed by atoms with Crippen LogP contribution in [0.1, 0.15) is 40.9 Å². The van der Waals surface area contributed by atoms with Crippen LogP contribution in [0.2, 0.25) is 0 Å². The number of thiocarbonyl (C=S) groups is 1. The van der Waals surface area contributed by atoms with Crippen molar-refractivity contribution in [3.63, 3.8) is 0 Å². The van der Waals surface area contributed by atoms with Crippen LogP contribution in [0.5, 0.6) is 0 Å². The Kier molecular flexibility index (Phi) is 6.32. The predicted octanol–water partition coefficient (Wildman–Crippen LogP) is 6.05. The molecule has 2 N–H and O–H groups in total. The number of carbonyl (C=O) groups excluding carboxylic acids is 1. The number of nitrogens with zero attached hydrogens (tertiary/aromatic N) is 1. The second-order valence-electron chi connectivity index (χ2n) is 7.66. The molecule has 1 amide bonds. The zero-order valence-electron chi connectivity index (χ0n) is 18.4. The lowest BCUT2D eigenvalue weighted by atomic mass is 10.1. The number of nitrogens with one attached hydrogen (secondary N) is 2. The summed E-state index contributed by atoms with van der Waals surface area (Å²) in [5, 5.41) is 6.11. The van der Waals surface area contributed by atoms with Crippen LogP contribution in [-0.2, 0) is 12.8 Å². The van der Waals surface area contributed by atoms with E-state index in [0.717, 1.165) is 40.8 Å². The van der Waals surface area contributed by atoms with Gasteiger partial charge in [-0.1, -0.05) is 38.1 Å². The van der Waals surface area contributed by atoms with Crippen LogP contribution in [0, 0.1) is 6.92 Å². The third kappa shape index (κ3) is 4.70. The van der Waals surface area contributed by atoms with E-state index in [9.17, 15) is 4.79 Å². The summed E-state index contributed by atoms with van der Waals surface area (Å²) in [7, 11) is 0. The van der Waals surface area contributed by atoms with E-state index in [1.165, 1.54) is 11.1 Å². The van der Waals surface area contributed by atoms with Crippen LogP contribution in [0.4, 0.5) is 5.69 Å². The molecule has 0 aliphatic rings. The molecular formula is C26H25N3O2S. The van der Waals surface area contributed by atoms with Crippen molar-refractivity contribution < 1.29 is 9.21 Å². The fraction of sp³-hybridized carbons (Fsp3) is 0.192. The molecule has 0 atom stereocenters. The molecular weight excluding hydrogens is 418 g/mol. The molecule has 0 saturated heterocycles. The molecule has 0 aliphatic heterocycles. The van der Waals surface area contributed by atoms with E-state index in [0.29, 0.717) is 11.5 Å². The number of hydrogen-bond donors (Lipinski definition) is 2. The molecule has 4 aromatic rings. The number of rotatable bonds is 5. The summed E-state index contributed by atoms with van der Waals surface area (Å²) in [5.41, 5.74) is 7.16. The Labute approximate surface area is 192 Å². The van der Waals surface area contributed by atoms with Gasteiger partial charge in [-0.15, -0.1) is 0 Å². The van der Waals surface area contributed by atoms with Crippen molar-refractivity contribution >= 4 is 40.0 Å². The average Bonchev–Trinajstić information content (AvgIpc) is 3.23. The topological polar surface area (TPSA) is 67.2 Å². The van der Waals surface area contributed by atoms with Gasteiger partial charge in [-0.2, -0.15) is 0 Å². The van der Waals surface area contributed by atoms with E-state index < -0.39 is 0 Å². The summed E-state index contributed by atoms with van der Waals surface area (Å²) in [5.74, 6) is 0.298. The van der Waals surface area contributed by atoms with Crippen molar-refractivity contribution in [2.24, 2.45) is 0 Å². The highest BCUT2D eigenvalue weighted by Gasteiger charge is 2.13. The van der Waals surface area contributed by atoms with E-state index in [1.807, 2.05) is 49.4 Å². The third-order valence-corrected chi connectivity index (χ3v) is 5.65. The Morgan fingerprint density at radius 1 is 0.969 bits per heavy atom. The van der Waals surface area contributed by atoms with Crippen molar-refractivity contribution in [2.45, 2.75) is 33.6 Å². The minimum absolute atomic E-state index is 0.236. The Bertz CT molecular complexity index is 1290. The maximum atomic E-state index is 12.5. The lowest BCUT2D eigenvalue weighted by Crippen LogP contribution is -2.34. The Balaban J connectivity index is 1.51. The van der Waals surface area contributed by atoms with Gasteiger partial charge < -0.3 is 9.73 Å². The highest BCUT2D eigenvalue weighted by molar-refractivity contribution is 7.80. The first kappa shape index (κ1) is 21.7. The smallest absolute Gasteiger partial charge is 0.257 e. The number of amides is 1. The number of oxazole rings is 1. The predicted molar refractivity (Wildman–Crippen MR) is 133 cm³/mol. The molecule has 162 valence electrons. The zero-order valence-corrected chi connectivity index (χ0v) is 19.2. The van der Waals surface area contributed by atoms with Gasteiger partial charge in [-0.25, -0.2) is 4.98 Å². The Morgan fingerprint density at radius 3 is 2.41 bits per heavy atom. The molecule has 4 rings (SSSR count). The average molecular weight is 444 g/mol. The SMILES string of the molecule is CCc1ccc(C(=O)NC(=S)Nc2cc(-c3nc4cc(CC)ccc4o3)ccc2C)cc1. The maximum Gasteiger partial charge on any atom is 0.257 e. The van der Waals surface area contributed by atoms with Gasteiger partial charge in [0.2, 0.25) is 5.89 Å². The number of anilines is 1. The van der Waals surface area contributed by atoms with Crippen LogP contribution >= 0.6 is 12.2 Å². The van der Waals surface area contributed by atoms with E-state index in [4.69, 9.17) is 16.6 Å². The first-order valence-electron chi connectivity index (χ1n) is 10.7. The van der Waals surface area contributed by atoms with Crippen LogP contribution < -0.4 is 10.6 Å². The normalized spacial score (nSPS) is 10.8. The summed E-state index contributed by atoms with van der Waals surface area (Å²) >= 11 is 5.38. The number of aromatic nitrogens is 1. The van der Waals surface area contributed by atoms with Crippen molar-refractivity contribution in [1.82, 2.24) is 10.3 Å². The molecule has 5 nitrogen and oxygen atoms in total. The van der Waals surface area contributed by atoms with Gasteiger partial charge in [0, 0.05) is 16.8 Å². The number of hydrogen-bond acceptors (Lipinski definition) is 4. The lowest BCUT2D eigenvalue weighted by molar-refractivity contribution is 0.0977. The van der Waals surface area contributed by atoms with Gasteiger partial charge in [0.05, 0.1) is 0 Å². The number of fused-ring (bicyclic) bond motifs is 1. The highest BCUT2D eigenvalue weighted by atomic mass is 32.1. The molecule has 0 fully saturated rings. The minimum atomic E-state index is -0.246. The van der Waals surface area contributed by atoms with E-state index >= 15 is 0 Å². The molecule has 1 heterocycles. The van der Waals surface area contributed by atoms with E-state index in [-0.39, 0.29) is 11.0 Å². The first-order chi connectivity index (χ1) is 15.5. The summed E-state index contributed by atoms with van der Waals surface area (Å²) in [6.07, 6.45) is 1.87. The van der Waals surface area contributed by atoms with Crippen molar-refractivity contribution in [3.05, 3.63) is 82.9 Å². The van der Waals surface area contributed by atoms with Gasteiger partial charge >= 0.3 is 0 Å².